The summed E-state index contributed by atoms with van der Waals surface area (Å²) in [6.07, 6.45) is 5.55. The standard InChI is InChI=1S/C12H17FN2/c1-12(2,10-3-4-10)15-7-9-5-11(13)8-14-6-9/h5-6,8,10,15H,3-4,7H2,1-2H3. The zero-order chi connectivity index (χ0) is 10.9. The van der Waals surface area contributed by atoms with Crippen LogP contribution in [0.3, 0.4) is 0 Å². The van der Waals surface area contributed by atoms with Crippen molar-refractivity contribution in [3.05, 3.63) is 29.8 Å². The van der Waals surface area contributed by atoms with Gasteiger partial charge in [0, 0.05) is 18.3 Å². The molecule has 1 aromatic rings. The lowest BCUT2D eigenvalue weighted by atomic mass is 9.98. The average Bonchev–Trinajstić information content (AvgIpc) is 2.98. The number of nitrogens with zero attached hydrogens (tertiary/aromatic N) is 1. The Morgan fingerprint density at radius 2 is 2.20 bits per heavy atom. The van der Waals surface area contributed by atoms with E-state index in [0.29, 0.717) is 6.54 Å². The van der Waals surface area contributed by atoms with E-state index in [-0.39, 0.29) is 11.4 Å². The van der Waals surface area contributed by atoms with Gasteiger partial charge in [-0.15, -0.1) is 0 Å². The molecule has 1 aliphatic carbocycles. The highest BCUT2D eigenvalue weighted by Crippen LogP contribution is 2.39. The summed E-state index contributed by atoms with van der Waals surface area (Å²) in [6, 6.07) is 1.53. The molecule has 3 heteroatoms. The van der Waals surface area contributed by atoms with Crippen LogP contribution in [0.25, 0.3) is 0 Å². The molecule has 82 valence electrons. The number of nitrogens with one attached hydrogen (secondary N) is 1. The van der Waals surface area contributed by atoms with Crippen LogP contribution in [0.4, 0.5) is 4.39 Å². The summed E-state index contributed by atoms with van der Waals surface area (Å²) in [4.78, 5) is 3.83. The van der Waals surface area contributed by atoms with E-state index in [2.05, 4.69) is 24.1 Å². The smallest absolute Gasteiger partial charge is 0.141 e. The van der Waals surface area contributed by atoms with Crippen molar-refractivity contribution in [2.24, 2.45) is 5.92 Å². The van der Waals surface area contributed by atoms with Crippen LogP contribution in [0.2, 0.25) is 0 Å². The van der Waals surface area contributed by atoms with Gasteiger partial charge in [0.2, 0.25) is 0 Å². The molecule has 0 aliphatic heterocycles. The molecular weight excluding hydrogens is 191 g/mol. The fraction of sp³-hybridized carbons (Fsp3) is 0.583. The molecule has 0 atom stereocenters. The van der Waals surface area contributed by atoms with Crippen molar-refractivity contribution in [1.82, 2.24) is 10.3 Å². The van der Waals surface area contributed by atoms with Crippen LogP contribution < -0.4 is 5.32 Å². The second-order valence-electron chi connectivity index (χ2n) is 4.86. The van der Waals surface area contributed by atoms with Crippen LogP contribution in [-0.2, 0) is 6.54 Å². The first kappa shape index (κ1) is 10.6. The molecule has 2 rings (SSSR count). The van der Waals surface area contributed by atoms with Gasteiger partial charge >= 0.3 is 0 Å². The average molecular weight is 208 g/mol. The monoisotopic (exact) mass is 208 g/mol. The Morgan fingerprint density at radius 3 is 2.80 bits per heavy atom. The maximum Gasteiger partial charge on any atom is 0.141 e. The largest absolute Gasteiger partial charge is 0.307 e. The molecule has 1 aliphatic rings. The van der Waals surface area contributed by atoms with Crippen molar-refractivity contribution in [1.29, 1.82) is 0 Å². The first-order valence-corrected chi connectivity index (χ1v) is 5.42. The Labute approximate surface area is 89.9 Å². The number of aromatic nitrogens is 1. The van der Waals surface area contributed by atoms with E-state index in [1.54, 1.807) is 6.20 Å². The van der Waals surface area contributed by atoms with Gasteiger partial charge in [-0.05, 0) is 44.2 Å². The summed E-state index contributed by atoms with van der Waals surface area (Å²) in [6.45, 7) is 5.10. The van der Waals surface area contributed by atoms with Gasteiger partial charge in [0.1, 0.15) is 5.82 Å². The van der Waals surface area contributed by atoms with Crippen LogP contribution in [0, 0.1) is 11.7 Å². The molecule has 0 radical (unpaired) electrons. The Bertz CT molecular complexity index is 345. The van der Waals surface area contributed by atoms with Gasteiger partial charge < -0.3 is 5.32 Å². The molecule has 1 N–H and O–H groups in total. The van der Waals surface area contributed by atoms with E-state index >= 15 is 0 Å². The molecule has 0 saturated heterocycles. The van der Waals surface area contributed by atoms with Crippen molar-refractivity contribution >= 4 is 0 Å². The molecule has 0 unspecified atom stereocenters. The van der Waals surface area contributed by atoms with E-state index in [1.165, 1.54) is 25.1 Å². The van der Waals surface area contributed by atoms with Crippen molar-refractivity contribution in [3.63, 3.8) is 0 Å². The third-order valence-corrected chi connectivity index (χ3v) is 3.11. The summed E-state index contributed by atoms with van der Waals surface area (Å²) in [5.74, 6) is 0.512. The SMILES string of the molecule is CC(C)(NCc1cncc(F)c1)C1CC1. The van der Waals surface area contributed by atoms with Gasteiger partial charge in [-0.3, -0.25) is 4.98 Å². The maximum absolute atomic E-state index is 12.9. The molecule has 0 aromatic carbocycles. The van der Waals surface area contributed by atoms with Gasteiger partial charge in [0.05, 0.1) is 6.20 Å². The van der Waals surface area contributed by atoms with Crippen LogP contribution in [0.15, 0.2) is 18.5 Å². The molecular formula is C12H17FN2. The van der Waals surface area contributed by atoms with E-state index in [9.17, 15) is 4.39 Å². The highest BCUT2D eigenvalue weighted by Gasteiger charge is 2.37. The number of halogens is 1. The summed E-state index contributed by atoms with van der Waals surface area (Å²) in [5.41, 5.74) is 1.07. The Kier molecular flexibility index (Phi) is 2.74. The van der Waals surface area contributed by atoms with Gasteiger partial charge in [0.15, 0.2) is 0 Å². The fourth-order valence-corrected chi connectivity index (χ4v) is 1.83. The van der Waals surface area contributed by atoms with Crippen molar-refractivity contribution in [2.45, 2.75) is 38.8 Å². The predicted molar refractivity (Wildman–Crippen MR) is 57.8 cm³/mol. The lowest BCUT2D eigenvalue weighted by Crippen LogP contribution is -2.40. The zero-order valence-electron chi connectivity index (χ0n) is 9.26. The van der Waals surface area contributed by atoms with E-state index < -0.39 is 0 Å². The van der Waals surface area contributed by atoms with Crippen LogP contribution >= 0.6 is 0 Å². The van der Waals surface area contributed by atoms with Crippen LogP contribution in [0.1, 0.15) is 32.3 Å². The molecule has 1 fully saturated rings. The second-order valence-corrected chi connectivity index (χ2v) is 4.86. The minimum Gasteiger partial charge on any atom is -0.307 e. The predicted octanol–water partition coefficient (Wildman–Crippen LogP) is 2.50. The first-order chi connectivity index (χ1) is 7.08. The third-order valence-electron chi connectivity index (χ3n) is 3.11. The summed E-state index contributed by atoms with van der Waals surface area (Å²) in [7, 11) is 0. The molecule has 1 aromatic heterocycles. The molecule has 0 spiro atoms. The molecule has 0 amide bonds. The van der Waals surface area contributed by atoms with Crippen molar-refractivity contribution in [3.8, 4) is 0 Å². The summed E-state index contributed by atoms with van der Waals surface area (Å²) >= 11 is 0. The number of hydrogen-bond acceptors (Lipinski definition) is 2. The summed E-state index contributed by atoms with van der Waals surface area (Å²) in [5, 5.41) is 3.46. The second kappa shape index (κ2) is 3.89. The minimum atomic E-state index is -0.265. The van der Waals surface area contributed by atoms with E-state index in [0.717, 1.165) is 11.5 Å². The minimum absolute atomic E-state index is 0.159. The quantitative estimate of drug-likeness (QED) is 0.822. The first-order valence-electron chi connectivity index (χ1n) is 5.42. The lowest BCUT2D eigenvalue weighted by molar-refractivity contribution is 0.339. The topological polar surface area (TPSA) is 24.9 Å². The molecule has 1 saturated carbocycles. The third kappa shape index (κ3) is 2.75. The highest BCUT2D eigenvalue weighted by atomic mass is 19.1. The number of hydrogen-bond donors (Lipinski definition) is 1. The van der Waals surface area contributed by atoms with Crippen molar-refractivity contribution in [2.75, 3.05) is 0 Å². The van der Waals surface area contributed by atoms with Gasteiger partial charge in [-0.2, -0.15) is 0 Å². The molecule has 0 bridgehead atoms. The Morgan fingerprint density at radius 1 is 1.47 bits per heavy atom. The van der Waals surface area contributed by atoms with Crippen molar-refractivity contribution < 1.29 is 4.39 Å². The number of pyridine rings is 1. The van der Waals surface area contributed by atoms with Crippen LogP contribution in [0.5, 0.6) is 0 Å². The molecule has 1 heterocycles. The fourth-order valence-electron chi connectivity index (χ4n) is 1.83. The van der Waals surface area contributed by atoms with Gasteiger partial charge in [0.25, 0.3) is 0 Å². The van der Waals surface area contributed by atoms with Gasteiger partial charge in [-0.1, -0.05) is 0 Å². The molecule has 2 nitrogen and oxygen atoms in total. The maximum atomic E-state index is 12.9. The normalized spacial score (nSPS) is 16.7. The number of rotatable bonds is 4. The summed E-state index contributed by atoms with van der Waals surface area (Å²) < 4.78 is 12.9. The zero-order valence-corrected chi connectivity index (χ0v) is 9.26. The van der Waals surface area contributed by atoms with E-state index in [4.69, 9.17) is 0 Å². The van der Waals surface area contributed by atoms with Crippen LogP contribution in [-0.4, -0.2) is 10.5 Å². The highest BCUT2D eigenvalue weighted by molar-refractivity contribution is 5.10. The van der Waals surface area contributed by atoms with Gasteiger partial charge in [-0.25, -0.2) is 4.39 Å². The lowest BCUT2D eigenvalue weighted by Gasteiger charge is -2.26. The van der Waals surface area contributed by atoms with E-state index in [1.807, 2.05) is 0 Å². The molecule has 15 heavy (non-hydrogen) atoms. The Balaban J connectivity index is 1.92. The Hall–Kier alpha value is -0.960.